The first kappa shape index (κ1) is 26.1. The number of thiocarbonyl (C=S) groups is 1. The molecule has 1 rings (SSSR count). The average Bonchev–Trinajstić information content (AvgIpc) is 2.71. The van der Waals surface area contributed by atoms with E-state index in [1.807, 2.05) is 6.07 Å². The van der Waals surface area contributed by atoms with Crippen LogP contribution in [-0.4, -0.2) is 35.9 Å². The zero-order valence-corrected chi connectivity index (χ0v) is 19.8. The molecule has 0 aromatic heterocycles. The summed E-state index contributed by atoms with van der Waals surface area (Å²) in [4.78, 5) is 25.6. The van der Waals surface area contributed by atoms with Gasteiger partial charge in [-0.05, 0) is 36.8 Å². The van der Waals surface area contributed by atoms with E-state index in [0.717, 1.165) is 12.8 Å². The monoisotopic (exact) mass is 433 g/mol. The molecule has 1 aromatic rings. The van der Waals surface area contributed by atoms with Crippen LogP contribution in [0.15, 0.2) is 24.3 Å². The topological polar surface area (TPSA) is 61.4 Å². The molecule has 0 saturated heterocycles. The van der Waals surface area contributed by atoms with Crippen molar-refractivity contribution in [2.45, 2.75) is 84.0 Å². The van der Waals surface area contributed by atoms with E-state index in [0.29, 0.717) is 17.7 Å². The van der Waals surface area contributed by atoms with Gasteiger partial charge in [0.25, 0.3) is 5.91 Å². The van der Waals surface area contributed by atoms with Gasteiger partial charge in [0.15, 0.2) is 5.11 Å². The minimum atomic E-state index is -0.0786. The van der Waals surface area contributed by atoms with Crippen LogP contribution in [0.1, 0.15) is 94.3 Å². The average molecular weight is 434 g/mol. The standard InChI is InChI=1S/C24H39N3O2S/c1-4-5-6-7-8-9-10-11-12-13-14-18-22(28)26-24(30)25-21-17-15-16-20(19-21)23(29)27(2)3/h15-17,19H,4-14,18H2,1-3H3,(H2,25,26,28,30). The van der Waals surface area contributed by atoms with Crippen molar-refractivity contribution in [2.24, 2.45) is 0 Å². The summed E-state index contributed by atoms with van der Waals surface area (Å²) in [5.41, 5.74) is 1.25. The summed E-state index contributed by atoms with van der Waals surface area (Å²) in [7, 11) is 3.42. The van der Waals surface area contributed by atoms with Crippen molar-refractivity contribution < 1.29 is 9.59 Å². The summed E-state index contributed by atoms with van der Waals surface area (Å²) < 4.78 is 0. The van der Waals surface area contributed by atoms with E-state index in [4.69, 9.17) is 12.2 Å². The Morgan fingerprint density at radius 2 is 1.47 bits per heavy atom. The Labute approximate surface area is 188 Å². The SMILES string of the molecule is CCCCCCCCCCCCCC(=O)NC(=S)Nc1cccc(C(=O)N(C)C)c1. The third kappa shape index (κ3) is 11.9. The Morgan fingerprint density at radius 3 is 2.03 bits per heavy atom. The molecule has 0 heterocycles. The molecule has 0 aliphatic rings. The highest BCUT2D eigenvalue weighted by Gasteiger charge is 2.09. The van der Waals surface area contributed by atoms with Crippen LogP contribution in [-0.2, 0) is 4.79 Å². The highest BCUT2D eigenvalue weighted by Crippen LogP contribution is 2.13. The summed E-state index contributed by atoms with van der Waals surface area (Å²) >= 11 is 5.22. The third-order valence-corrected chi connectivity index (χ3v) is 5.24. The zero-order valence-electron chi connectivity index (χ0n) is 19.0. The largest absolute Gasteiger partial charge is 0.345 e. The maximum atomic E-state index is 12.1. The van der Waals surface area contributed by atoms with Crippen molar-refractivity contribution in [2.75, 3.05) is 19.4 Å². The Morgan fingerprint density at radius 1 is 0.900 bits per heavy atom. The molecule has 0 atom stereocenters. The van der Waals surface area contributed by atoms with E-state index in [1.165, 1.54) is 62.7 Å². The number of unbranched alkanes of at least 4 members (excludes halogenated alkanes) is 10. The van der Waals surface area contributed by atoms with Crippen molar-refractivity contribution >= 4 is 34.8 Å². The fourth-order valence-electron chi connectivity index (χ4n) is 3.29. The van der Waals surface area contributed by atoms with Gasteiger partial charge in [0.2, 0.25) is 5.91 Å². The van der Waals surface area contributed by atoms with Gasteiger partial charge in [-0.3, -0.25) is 9.59 Å². The quantitative estimate of drug-likeness (QED) is 0.283. The van der Waals surface area contributed by atoms with Crippen molar-refractivity contribution in [3.05, 3.63) is 29.8 Å². The molecule has 0 bridgehead atoms. The molecule has 0 fully saturated rings. The summed E-state index contributed by atoms with van der Waals surface area (Å²) in [6.45, 7) is 2.25. The van der Waals surface area contributed by atoms with Crippen LogP contribution < -0.4 is 10.6 Å². The molecular weight excluding hydrogens is 394 g/mol. The molecule has 0 unspecified atom stereocenters. The first-order valence-electron chi connectivity index (χ1n) is 11.4. The van der Waals surface area contributed by atoms with E-state index in [2.05, 4.69) is 17.6 Å². The van der Waals surface area contributed by atoms with E-state index < -0.39 is 0 Å². The number of rotatable bonds is 14. The van der Waals surface area contributed by atoms with Gasteiger partial charge in [-0.1, -0.05) is 77.2 Å². The number of anilines is 1. The van der Waals surface area contributed by atoms with Crippen LogP contribution in [0.2, 0.25) is 0 Å². The molecule has 5 nitrogen and oxygen atoms in total. The molecular formula is C24H39N3O2S. The van der Waals surface area contributed by atoms with Gasteiger partial charge in [-0.15, -0.1) is 0 Å². The van der Waals surface area contributed by atoms with E-state index >= 15 is 0 Å². The molecule has 168 valence electrons. The van der Waals surface area contributed by atoms with Crippen LogP contribution in [0.25, 0.3) is 0 Å². The van der Waals surface area contributed by atoms with Crippen molar-refractivity contribution in [3.8, 4) is 0 Å². The normalized spacial score (nSPS) is 10.5. The van der Waals surface area contributed by atoms with E-state index in [-0.39, 0.29) is 16.9 Å². The molecule has 0 radical (unpaired) electrons. The minimum absolute atomic E-state index is 0.0658. The Balaban J connectivity index is 2.14. The fourth-order valence-corrected chi connectivity index (χ4v) is 3.52. The number of nitrogens with zero attached hydrogens (tertiary/aromatic N) is 1. The second-order valence-electron chi connectivity index (χ2n) is 8.07. The molecule has 0 spiro atoms. The van der Waals surface area contributed by atoms with Crippen molar-refractivity contribution in [1.82, 2.24) is 10.2 Å². The first-order chi connectivity index (χ1) is 14.4. The van der Waals surface area contributed by atoms with Gasteiger partial charge in [0.05, 0.1) is 0 Å². The minimum Gasteiger partial charge on any atom is -0.345 e. The van der Waals surface area contributed by atoms with Crippen LogP contribution in [0, 0.1) is 0 Å². The summed E-state index contributed by atoms with van der Waals surface area (Å²) in [5, 5.41) is 5.96. The summed E-state index contributed by atoms with van der Waals surface area (Å²) in [6.07, 6.45) is 14.3. The van der Waals surface area contributed by atoms with Gasteiger partial charge in [0, 0.05) is 31.8 Å². The first-order valence-corrected chi connectivity index (χ1v) is 11.8. The van der Waals surface area contributed by atoms with E-state index in [9.17, 15) is 9.59 Å². The molecule has 0 aliphatic carbocycles. The molecule has 0 saturated carbocycles. The second kappa shape index (κ2) is 15.8. The molecule has 6 heteroatoms. The molecule has 2 amide bonds. The van der Waals surface area contributed by atoms with Crippen molar-refractivity contribution in [1.29, 1.82) is 0 Å². The van der Waals surface area contributed by atoms with Crippen LogP contribution >= 0.6 is 12.2 Å². The lowest BCUT2D eigenvalue weighted by Crippen LogP contribution is -2.34. The van der Waals surface area contributed by atoms with Gasteiger partial charge in [0.1, 0.15) is 0 Å². The Hall–Kier alpha value is -1.95. The predicted molar refractivity (Wildman–Crippen MR) is 130 cm³/mol. The smallest absolute Gasteiger partial charge is 0.253 e. The van der Waals surface area contributed by atoms with Crippen LogP contribution in [0.4, 0.5) is 5.69 Å². The number of carbonyl (C=O) groups excluding carboxylic acids is 2. The third-order valence-electron chi connectivity index (χ3n) is 5.03. The maximum Gasteiger partial charge on any atom is 0.253 e. The summed E-state index contributed by atoms with van der Waals surface area (Å²) in [6, 6.07) is 7.08. The predicted octanol–water partition coefficient (Wildman–Crippen LogP) is 5.90. The lowest BCUT2D eigenvalue weighted by atomic mass is 10.1. The van der Waals surface area contributed by atoms with Gasteiger partial charge < -0.3 is 15.5 Å². The van der Waals surface area contributed by atoms with E-state index in [1.54, 1.807) is 32.3 Å². The maximum absolute atomic E-state index is 12.1. The fraction of sp³-hybridized carbons (Fsp3) is 0.625. The Kier molecular flexibility index (Phi) is 13.8. The van der Waals surface area contributed by atoms with Crippen LogP contribution in [0.3, 0.4) is 0 Å². The number of hydrogen-bond donors (Lipinski definition) is 2. The lowest BCUT2D eigenvalue weighted by Gasteiger charge is -2.13. The number of nitrogens with one attached hydrogen (secondary N) is 2. The van der Waals surface area contributed by atoms with Gasteiger partial charge in [-0.25, -0.2) is 0 Å². The molecule has 30 heavy (non-hydrogen) atoms. The molecule has 2 N–H and O–H groups in total. The highest BCUT2D eigenvalue weighted by atomic mass is 32.1. The number of hydrogen-bond acceptors (Lipinski definition) is 3. The number of benzene rings is 1. The van der Waals surface area contributed by atoms with Crippen LogP contribution in [0.5, 0.6) is 0 Å². The number of carbonyl (C=O) groups is 2. The number of amides is 2. The Bertz CT molecular complexity index is 662. The molecule has 1 aromatic carbocycles. The van der Waals surface area contributed by atoms with Gasteiger partial charge in [-0.2, -0.15) is 0 Å². The van der Waals surface area contributed by atoms with Gasteiger partial charge >= 0.3 is 0 Å². The highest BCUT2D eigenvalue weighted by molar-refractivity contribution is 7.80. The zero-order chi connectivity index (χ0) is 22.2. The molecule has 0 aliphatic heterocycles. The summed E-state index contributed by atoms with van der Waals surface area (Å²) in [5.74, 6) is -0.144. The van der Waals surface area contributed by atoms with Crippen molar-refractivity contribution in [3.63, 3.8) is 0 Å². The second-order valence-corrected chi connectivity index (χ2v) is 8.48. The lowest BCUT2D eigenvalue weighted by molar-refractivity contribution is -0.119.